The first-order valence-electron chi connectivity index (χ1n) is 7.00. The minimum absolute atomic E-state index is 0.177. The number of benzene rings is 1. The van der Waals surface area contributed by atoms with Gasteiger partial charge in [0.2, 0.25) is 11.8 Å². The fourth-order valence-corrected chi connectivity index (χ4v) is 1.79. The zero-order valence-corrected chi connectivity index (χ0v) is 14.4. The molecule has 0 radical (unpaired) electrons. The number of esters is 1. The predicted octanol–water partition coefficient (Wildman–Crippen LogP) is 1.01. The molecule has 0 unspecified atom stereocenters. The van der Waals surface area contributed by atoms with Crippen molar-refractivity contribution in [3.63, 3.8) is 0 Å². The highest BCUT2D eigenvalue weighted by atomic mass is 79.9. The third-order valence-electron chi connectivity index (χ3n) is 2.73. The van der Waals surface area contributed by atoms with Crippen LogP contribution in [0.2, 0.25) is 0 Å². The average Bonchev–Trinajstić information content (AvgIpc) is 2.56. The Morgan fingerprint density at radius 2 is 1.70 bits per heavy atom. The van der Waals surface area contributed by atoms with Crippen molar-refractivity contribution in [2.75, 3.05) is 26.8 Å². The molecule has 126 valence electrons. The van der Waals surface area contributed by atoms with Crippen LogP contribution in [0, 0.1) is 0 Å². The van der Waals surface area contributed by atoms with Crippen molar-refractivity contribution in [3.05, 3.63) is 28.7 Å². The molecule has 8 heteroatoms. The zero-order chi connectivity index (χ0) is 17.1. The van der Waals surface area contributed by atoms with Gasteiger partial charge in [-0.25, -0.2) is 0 Å². The molecule has 2 amide bonds. The Kier molecular flexibility index (Phi) is 8.74. The van der Waals surface area contributed by atoms with Gasteiger partial charge in [-0.1, -0.05) is 15.9 Å². The third-order valence-corrected chi connectivity index (χ3v) is 3.26. The van der Waals surface area contributed by atoms with Crippen molar-refractivity contribution in [1.29, 1.82) is 0 Å². The summed E-state index contributed by atoms with van der Waals surface area (Å²) in [6.07, 6.45) is 0.784. The van der Waals surface area contributed by atoms with Crippen LogP contribution in [0.4, 0.5) is 0 Å². The second kappa shape index (κ2) is 10.6. The molecule has 0 aliphatic heterocycles. The molecule has 2 N–H and O–H groups in total. The van der Waals surface area contributed by atoms with E-state index in [9.17, 15) is 14.4 Å². The molecule has 0 bridgehead atoms. The summed E-state index contributed by atoms with van der Waals surface area (Å²) in [5, 5.41) is 4.79. The molecule has 0 atom stereocenters. The molecule has 0 aliphatic rings. The number of halogens is 1. The molecule has 7 nitrogen and oxygen atoms in total. The number of amides is 2. The lowest BCUT2D eigenvalue weighted by Gasteiger charge is -2.07. The van der Waals surface area contributed by atoms with E-state index in [0.717, 1.165) is 10.2 Å². The van der Waals surface area contributed by atoms with Gasteiger partial charge in [0, 0.05) is 10.9 Å². The highest BCUT2D eigenvalue weighted by Gasteiger charge is 2.07. The summed E-state index contributed by atoms with van der Waals surface area (Å²) in [7, 11) is 1.23. The number of carbonyl (C=O) groups excluding carboxylic acids is 3. The Hall–Kier alpha value is -2.09. The maximum Gasteiger partial charge on any atom is 0.325 e. The Labute approximate surface area is 142 Å². The summed E-state index contributed by atoms with van der Waals surface area (Å²) >= 11 is 3.33. The minimum atomic E-state index is -0.547. The first kappa shape index (κ1) is 19.0. The monoisotopic (exact) mass is 386 g/mol. The van der Waals surface area contributed by atoms with Crippen molar-refractivity contribution in [2.24, 2.45) is 0 Å². The van der Waals surface area contributed by atoms with Crippen LogP contribution >= 0.6 is 15.9 Å². The number of carbonyl (C=O) groups is 3. The van der Waals surface area contributed by atoms with Gasteiger partial charge in [0.1, 0.15) is 12.3 Å². The largest absolute Gasteiger partial charge is 0.494 e. The number of methoxy groups -OCH3 is 1. The van der Waals surface area contributed by atoms with Gasteiger partial charge >= 0.3 is 5.97 Å². The maximum absolute atomic E-state index is 11.6. The topological polar surface area (TPSA) is 93.7 Å². The number of nitrogens with one attached hydrogen (secondary N) is 2. The molecule has 0 aromatic heterocycles. The molecule has 23 heavy (non-hydrogen) atoms. The lowest BCUT2D eigenvalue weighted by molar-refractivity contribution is -0.141. The summed E-state index contributed by atoms with van der Waals surface area (Å²) in [5.74, 6) is -0.516. The van der Waals surface area contributed by atoms with Gasteiger partial charge in [0.05, 0.1) is 20.3 Å². The van der Waals surface area contributed by atoms with Crippen molar-refractivity contribution in [1.82, 2.24) is 10.6 Å². The fraction of sp³-hybridized carbons (Fsp3) is 0.400. The van der Waals surface area contributed by atoms with Crippen molar-refractivity contribution in [3.8, 4) is 5.75 Å². The maximum atomic E-state index is 11.6. The van der Waals surface area contributed by atoms with Crippen LogP contribution in [0.15, 0.2) is 28.7 Å². The average molecular weight is 387 g/mol. The molecule has 0 heterocycles. The van der Waals surface area contributed by atoms with Crippen LogP contribution in [0.5, 0.6) is 5.75 Å². The summed E-state index contributed by atoms with van der Waals surface area (Å²) in [4.78, 5) is 33.7. The van der Waals surface area contributed by atoms with E-state index in [2.05, 4.69) is 31.3 Å². The third kappa shape index (κ3) is 8.82. The zero-order valence-electron chi connectivity index (χ0n) is 12.8. The smallest absolute Gasteiger partial charge is 0.325 e. The van der Waals surface area contributed by atoms with Gasteiger partial charge in [-0.3, -0.25) is 14.4 Å². The Bertz CT molecular complexity index is 533. The number of hydrogen-bond acceptors (Lipinski definition) is 5. The molecule has 1 aromatic rings. The lowest BCUT2D eigenvalue weighted by Crippen LogP contribution is -2.39. The van der Waals surface area contributed by atoms with Gasteiger partial charge in [-0.2, -0.15) is 0 Å². The second-order valence-electron chi connectivity index (χ2n) is 4.54. The van der Waals surface area contributed by atoms with Gasteiger partial charge in [-0.15, -0.1) is 0 Å². The molecule has 0 saturated carbocycles. The van der Waals surface area contributed by atoms with E-state index in [-0.39, 0.29) is 25.4 Å². The number of hydrogen-bond donors (Lipinski definition) is 2. The molecule has 0 spiro atoms. The van der Waals surface area contributed by atoms with Crippen molar-refractivity contribution in [2.45, 2.75) is 12.8 Å². The van der Waals surface area contributed by atoms with Crippen LogP contribution in [0.3, 0.4) is 0 Å². The first-order valence-corrected chi connectivity index (χ1v) is 7.79. The molecule has 1 rings (SSSR count). The lowest BCUT2D eigenvalue weighted by atomic mass is 10.3. The Balaban J connectivity index is 2.09. The van der Waals surface area contributed by atoms with Crippen LogP contribution in [-0.2, 0) is 19.1 Å². The Morgan fingerprint density at radius 3 is 2.35 bits per heavy atom. The van der Waals surface area contributed by atoms with Crippen molar-refractivity contribution < 1.29 is 23.9 Å². The number of rotatable bonds is 9. The molecule has 0 fully saturated rings. The first-order chi connectivity index (χ1) is 11.0. The summed E-state index contributed by atoms with van der Waals surface area (Å²) < 4.78 is 10.8. The Morgan fingerprint density at radius 1 is 1.04 bits per heavy atom. The van der Waals surface area contributed by atoms with Crippen LogP contribution in [-0.4, -0.2) is 44.6 Å². The van der Waals surface area contributed by atoms with Gasteiger partial charge in [0.25, 0.3) is 0 Å². The molecule has 1 aromatic carbocycles. The van der Waals surface area contributed by atoms with Gasteiger partial charge < -0.3 is 20.1 Å². The molecular weight excluding hydrogens is 368 g/mol. The summed E-state index contributed by atoms with van der Waals surface area (Å²) in [6, 6.07) is 7.40. The van der Waals surface area contributed by atoms with Crippen molar-refractivity contribution >= 4 is 33.7 Å². The van der Waals surface area contributed by atoms with Gasteiger partial charge in [0.15, 0.2) is 0 Å². The highest BCUT2D eigenvalue weighted by molar-refractivity contribution is 9.10. The van der Waals surface area contributed by atoms with Crippen LogP contribution in [0.25, 0.3) is 0 Å². The van der Waals surface area contributed by atoms with Gasteiger partial charge in [-0.05, 0) is 30.7 Å². The minimum Gasteiger partial charge on any atom is -0.494 e. The van der Waals surface area contributed by atoms with E-state index < -0.39 is 11.9 Å². The van der Waals surface area contributed by atoms with E-state index >= 15 is 0 Å². The standard InChI is InChI=1S/C15H19BrN2O5/c1-22-15(21)10-18-14(20)9-17-13(19)3-2-8-23-12-6-4-11(16)5-7-12/h4-7H,2-3,8-10H2,1H3,(H,17,19)(H,18,20). The van der Waals surface area contributed by atoms with Crippen LogP contribution < -0.4 is 15.4 Å². The second-order valence-corrected chi connectivity index (χ2v) is 5.45. The van der Waals surface area contributed by atoms with E-state index in [4.69, 9.17) is 4.74 Å². The van der Waals surface area contributed by atoms with Crippen LogP contribution in [0.1, 0.15) is 12.8 Å². The number of ether oxygens (including phenoxy) is 2. The quantitative estimate of drug-likeness (QED) is 0.487. The normalized spacial score (nSPS) is 9.83. The van der Waals surface area contributed by atoms with E-state index in [1.54, 1.807) is 0 Å². The fourth-order valence-electron chi connectivity index (χ4n) is 1.53. The molecular formula is C15H19BrN2O5. The summed E-state index contributed by atoms with van der Waals surface area (Å²) in [5.41, 5.74) is 0. The summed E-state index contributed by atoms with van der Waals surface area (Å²) in [6.45, 7) is 0.0131. The van der Waals surface area contributed by atoms with E-state index in [0.29, 0.717) is 13.0 Å². The molecule has 0 aliphatic carbocycles. The molecule has 0 saturated heterocycles. The highest BCUT2D eigenvalue weighted by Crippen LogP contribution is 2.16. The van der Waals surface area contributed by atoms with E-state index in [1.165, 1.54) is 7.11 Å². The SMILES string of the molecule is COC(=O)CNC(=O)CNC(=O)CCCOc1ccc(Br)cc1. The predicted molar refractivity (Wildman–Crippen MR) is 86.9 cm³/mol. The van der Waals surface area contributed by atoms with E-state index in [1.807, 2.05) is 24.3 Å².